The Bertz CT molecular complexity index is 1450. The molecule has 0 atom stereocenters. The van der Waals surface area contributed by atoms with E-state index in [4.69, 9.17) is 25.5 Å². The maximum atomic E-state index is 12.4. The van der Waals surface area contributed by atoms with Gasteiger partial charge in [0.05, 0.1) is 10.7 Å². The van der Waals surface area contributed by atoms with Crippen molar-refractivity contribution in [3.63, 3.8) is 0 Å². The summed E-state index contributed by atoms with van der Waals surface area (Å²) in [7, 11) is 0. The quantitative estimate of drug-likeness (QED) is 0.112. The van der Waals surface area contributed by atoms with Gasteiger partial charge in [-0.25, -0.2) is 5.43 Å². The lowest BCUT2D eigenvalue weighted by atomic mass is 10.2. The Morgan fingerprint density at radius 3 is 2.46 bits per heavy atom. The van der Waals surface area contributed by atoms with Crippen LogP contribution in [0.25, 0.3) is 5.69 Å². The van der Waals surface area contributed by atoms with Gasteiger partial charge in [0.15, 0.2) is 11.5 Å². The van der Waals surface area contributed by atoms with Gasteiger partial charge in [0, 0.05) is 34.6 Å². The number of nitrogens with zero attached hydrogens (tertiary/aromatic N) is 2. The zero-order valence-corrected chi connectivity index (χ0v) is 22.6. The highest BCUT2D eigenvalue weighted by Crippen LogP contribution is 2.32. The summed E-state index contributed by atoms with van der Waals surface area (Å²) in [4.78, 5) is 23.8. The highest BCUT2D eigenvalue weighted by Gasteiger charge is 2.13. The molecule has 0 aliphatic heterocycles. The van der Waals surface area contributed by atoms with Crippen LogP contribution in [0.2, 0.25) is 5.02 Å². The first-order valence-corrected chi connectivity index (χ1v) is 12.4. The molecule has 0 unspecified atom stereocenters. The molecule has 190 valence electrons. The number of rotatable bonds is 8. The van der Waals surface area contributed by atoms with Crippen LogP contribution < -0.4 is 14.9 Å². The van der Waals surface area contributed by atoms with Crippen LogP contribution in [0.3, 0.4) is 0 Å². The number of furan rings is 1. The molecule has 2 aromatic heterocycles. The number of aromatic nitrogens is 1. The number of carbonyl (C=O) groups is 2. The van der Waals surface area contributed by atoms with Gasteiger partial charge in [-0.2, -0.15) is 5.10 Å². The summed E-state index contributed by atoms with van der Waals surface area (Å²) in [6.07, 6.45) is 1.32. The van der Waals surface area contributed by atoms with Crippen molar-refractivity contribution in [1.29, 1.82) is 0 Å². The number of hydrazone groups is 1. The Labute approximate surface area is 227 Å². The van der Waals surface area contributed by atoms with Gasteiger partial charge >= 0.3 is 11.9 Å². The van der Waals surface area contributed by atoms with E-state index in [9.17, 15) is 9.59 Å². The summed E-state index contributed by atoms with van der Waals surface area (Å²) in [6, 6.07) is 18.2. The summed E-state index contributed by atoms with van der Waals surface area (Å²) in [6.45, 7) is 5.55. The van der Waals surface area contributed by atoms with E-state index in [1.165, 1.54) is 19.2 Å². The Morgan fingerprint density at radius 2 is 1.78 bits per heavy atom. The van der Waals surface area contributed by atoms with Gasteiger partial charge in [0.25, 0.3) is 0 Å². The minimum absolute atomic E-state index is 0.0668. The van der Waals surface area contributed by atoms with Crippen molar-refractivity contribution in [2.24, 2.45) is 5.10 Å². The van der Waals surface area contributed by atoms with Crippen molar-refractivity contribution < 1.29 is 23.5 Å². The zero-order valence-electron chi connectivity index (χ0n) is 20.2. The second kappa shape index (κ2) is 11.5. The van der Waals surface area contributed by atoms with Crippen LogP contribution in [0, 0.1) is 13.8 Å². The molecule has 0 spiro atoms. The van der Waals surface area contributed by atoms with E-state index in [0.717, 1.165) is 17.1 Å². The van der Waals surface area contributed by atoms with E-state index in [-0.39, 0.29) is 18.1 Å². The van der Waals surface area contributed by atoms with E-state index in [2.05, 4.69) is 57.0 Å². The van der Waals surface area contributed by atoms with Crippen LogP contribution in [0.15, 0.2) is 74.7 Å². The van der Waals surface area contributed by atoms with Gasteiger partial charge < -0.3 is 18.5 Å². The molecule has 0 bridgehead atoms. The fourth-order valence-corrected chi connectivity index (χ4v) is 4.56. The summed E-state index contributed by atoms with van der Waals surface area (Å²) in [5.74, 6) is 0.394. The van der Waals surface area contributed by atoms with E-state index in [1.807, 2.05) is 24.3 Å². The highest BCUT2D eigenvalue weighted by atomic mass is 79.9. The lowest BCUT2D eigenvalue weighted by Gasteiger charge is -2.10. The predicted octanol–water partition coefficient (Wildman–Crippen LogP) is 6.37. The first-order chi connectivity index (χ1) is 17.7. The summed E-state index contributed by atoms with van der Waals surface area (Å²) in [5, 5.41) is 4.32. The molecule has 37 heavy (non-hydrogen) atoms. The summed E-state index contributed by atoms with van der Waals surface area (Å²) < 4.78 is 19.2. The number of benzene rings is 2. The lowest BCUT2D eigenvalue weighted by Crippen LogP contribution is -2.17. The molecule has 1 N–H and O–H groups in total. The number of halogens is 2. The van der Waals surface area contributed by atoms with Crippen molar-refractivity contribution in [3.8, 4) is 17.2 Å². The van der Waals surface area contributed by atoms with Crippen LogP contribution in [-0.4, -0.2) is 22.7 Å². The zero-order chi connectivity index (χ0) is 26.5. The van der Waals surface area contributed by atoms with E-state index in [1.54, 1.807) is 18.2 Å². The lowest BCUT2D eigenvalue weighted by molar-refractivity contribution is -0.131. The smallest absolute Gasteiger partial charge is 0.308 e. The molecular formula is C27H23BrClN3O5. The minimum Gasteiger partial charge on any atom is -0.486 e. The third-order valence-electron chi connectivity index (χ3n) is 5.29. The van der Waals surface area contributed by atoms with Gasteiger partial charge in [-0.15, -0.1) is 0 Å². The molecule has 0 radical (unpaired) electrons. The largest absolute Gasteiger partial charge is 0.486 e. The Morgan fingerprint density at radius 1 is 1.08 bits per heavy atom. The normalized spacial score (nSPS) is 11.1. The molecule has 4 rings (SSSR count). The molecule has 2 aromatic carbocycles. The molecule has 2 heterocycles. The molecule has 8 nitrogen and oxygen atoms in total. The number of hydrogen-bond donors (Lipinski definition) is 1. The Kier molecular flexibility index (Phi) is 8.15. The number of esters is 1. The number of hydrogen-bond acceptors (Lipinski definition) is 6. The molecule has 0 aliphatic carbocycles. The number of aryl methyl sites for hydroxylation is 2. The summed E-state index contributed by atoms with van der Waals surface area (Å²) in [5.41, 5.74) is 6.14. The maximum absolute atomic E-state index is 12.4. The highest BCUT2D eigenvalue weighted by molar-refractivity contribution is 9.10. The third kappa shape index (κ3) is 6.49. The monoisotopic (exact) mass is 583 g/mol. The average molecular weight is 585 g/mol. The van der Waals surface area contributed by atoms with E-state index in [0.29, 0.717) is 26.6 Å². The number of nitrogens with one attached hydrogen (secondary N) is 1. The van der Waals surface area contributed by atoms with Gasteiger partial charge in [0.2, 0.25) is 0 Å². The second-order valence-electron chi connectivity index (χ2n) is 8.10. The van der Waals surface area contributed by atoms with Crippen LogP contribution in [-0.2, 0) is 11.4 Å². The van der Waals surface area contributed by atoms with Crippen LogP contribution in [0.5, 0.6) is 11.5 Å². The average Bonchev–Trinajstić information content (AvgIpc) is 3.46. The topological polar surface area (TPSA) is 95.1 Å². The molecule has 0 aliphatic rings. The molecule has 10 heteroatoms. The minimum atomic E-state index is -0.556. The number of ether oxygens (including phenoxy) is 2. The fourth-order valence-electron chi connectivity index (χ4n) is 3.64. The molecule has 1 amide bonds. The van der Waals surface area contributed by atoms with Crippen molar-refractivity contribution in [2.45, 2.75) is 27.4 Å². The number of amides is 1. The van der Waals surface area contributed by atoms with E-state index < -0.39 is 11.9 Å². The van der Waals surface area contributed by atoms with Crippen LogP contribution >= 0.6 is 27.5 Å². The Hall–Kier alpha value is -3.82. The van der Waals surface area contributed by atoms with Gasteiger partial charge in [-0.05, 0) is 90.4 Å². The maximum Gasteiger partial charge on any atom is 0.308 e. The fraction of sp³-hybridized carbons (Fsp3) is 0.148. The molecular weight excluding hydrogens is 562 g/mol. The first kappa shape index (κ1) is 26.2. The summed E-state index contributed by atoms with van der Waals surface area (Å²) >= 11 is 9.37. The Balaban J connectivity index is 1.35. The SMILES string of the molecule is CC(=O)Oc1c(Br)cc(Cl)cc1/C=N/NC(=O)c1ccc(COc2ccc(-n3c(C)ccc3C)cc2)o1. The van der Waals surface area contributed by atoms with Crippen LogP contribution in [0.1, 0.15) is 40.2 Å². The molecule has 0 saturated carbocycles. The molecule has 0 saturated heterocycles. The second-order valence-corrected chi connectivity index (χ2v) is 9.39. The van der Waals surface area contributed by atoms with Crippen molar-refractivity contribution in [3.05, 3.63) is 98.6 Å². The first-order valence-electron chi connectivity index (χ1n) is 11.2. The van der Waals surface area contributed by atoms with Crippen LogP contribution in [0.4, 0.5) is 0 Å². The third-order valence-corrected chi connectivity index (χ3v) is 6.09. The van der Waals surface area contributed by atoms with Crippen molar-refractivity contribution in [2.75, 3.05) is 0 Å². The van der Waals surface area contributed by atoms with Gasteiger partial charge in [-0.1, -0.05) is 11.6 Å². The van der Waals surface area contributed by atoms with Crippen molar-refractivity contribution in [1.82, 2.24) is 9.99 Å². The molecule has 4 aromatic rings. The van der Waals surface area contributed by atoms with Gasteiger partial charge in [0.1, 0.15) is 18.1 Å². The van der Waals surface area contributed by atoms with Crippen molar-refractivity contribution >= 4 is 45.6 Å². The standard InChI is InChI=1S/C27H23BrClN3O5/c1-16-4-5-17(2)32(16)21-6-8-22(9-7-21)35-15-23-10-11-25(37-23)27(34)31-30-14-19-12-20(29)13-24(28)26(19)36-18(3)33/h4-14H,15H2,1-3H3,(H,31,34)/b30-14+. The van der Waals surface area contributed by atoms with Gasteiger partial charge in [-0.3, -0.25) is 9.59 Å². The predicted molar refractivity (Wildman–Crippen MR) is 144 cm³/mol. The molecule has 0 fully saturated rings. The van der Waals surface area contributed by atoms with E-state index >= 15 is 0 Å². The number of carbonyl (C=O) groups excluding carboxylic acids is 2.